The highest BCUT2D eigenvalue weighted by Gasteiger charge is 2.28. The Bertz CT molecular complexity index is 1250. The van der Waals surface area contributed by atoms with E-state index in [-0.39, 0.29) is 11.9 Å². The monoisotopic (exact) mass is 414 g/mol. The molecule has 1 aliphatic rings. The van der Waals surface area contributed by atoms with Gasteiger partial charge in [0.1, 0.15) is 12.9 Å². The minimum absolute atomic E-state index is 0.0832. The van der Waals surface area contributed by atoms with E-state index >= 15 is 0 Å². The number of aromatic nitrogens is 3. The lowest BCUT2D eigenvalue weighted by Gasteiger charge is -2.24. The highest BCUT2D eigenvalue weighted by atomic mass is 16.5. The van der Waals surface area contributed by atoms with Gasteiger partial charge in [0.15, 0.2) is 11.5 Å². The molecule has 3 aromatic carbocycles. The smallest absolute Gasteiger partial charge is 0.229 e. The van der Waals surface area contributed by atoms with Crippen molar-refractivity contribution in [2.45, 2.75) is 26.0 Å². The van der Waals surface area contributed by atoms with Crippen LogP contribution in [-0.4, -0.2) is 27.3 Å². The quantitative estimate of drug-likeness (QED) is 0.508. The maximum Gasteiger partial charge on any atom is 0.229 e. The number of benzene rings is 3. The Morgan fingerprint density at radius 2 is 1.90 bits per heavy atom. The van der Waals surface area contributed by atoms with Gasteiger partial charge in [0, 0.05) is 0 Å². The molecule has 0 unspecified atom stereocenters. The van der Waals surface area contributed by atoms with Crippen molar-refractivity contribution < 1.29 is 14.3 Å². The zero-order chi connectivity index (χ0) is 21.2. The molecule has 0 aliphatic carbocycles. The molecule has 156 valence electrons. The maximum absolute atomic E-state index is 12.1. The van der Waals surface area contributed by atoms with Crippen molar-refractivity contribution in [3.05, 3.63) is 78.1 Å². The topological polar surface area (TPSA) is 78.3 Å². The molecular formula is C24H22N4O3. The van der Waals surface area contributed by atoms with Gasteiger partial charge in [-0.1, -0.05) is 42.5 Å². The first-order valence-corrected chi connectivity index (χ1v) is 10.3. The average molecular weight is 414 g/mol. The Morgan fingerprint density at radius 3 is 2.77 bits per heavy atom. The zero-order valence-electron chi connectivity index (χ0n) is 17.1. The van der Waals surface area contributed by atoms with E-state index in [1.807, 2.05) is 37.3 Å². The van der Waals surface area contributed by atoms with Crippen LogP contribution in [0.1, 0.15) is 30.5 Å². The Balaban J connectivity index is 1.40. The summed E-state index contributed by atoms with van der Waals surface area (Å²) in [6.45, 7) is 2.88. The highest BCUT2D eigenvalue weighted by molar-refractivity contribution is 5.91. The highest BCUT2D eigenvalue weighted by Crippen LogP contribution is 2.35. The van der Waals surface area contributed by atoms with E-state index in [4.69, 9.17) is 9.47 Å². The summed E-state index contributed by atoms with van der Waals surface area (Å²) < 4.78 is 13.7. The number of amides is 1. The van der Waals surface area contributed by atoms with Gasteiger partial charge in [0.2, 0.25) is 11.9 Å². The van der Waals surface area contributed by atoms with Crippen molar-refractivity contribution in [1.82, 2.24) is 14.8 Å². The molecule has 0 saturated heterocycles. The number of fused-ring (bicyclic) bond motifs is 2. The van der Waals surface area contributed by atoms with Crippen LogP contribution < -0.4 is 14.8 Å². The standard InChI is InChI=1S/C24H22N4O3/c1-2-30-22-12-19(20-13-23(29)27-24-25-15-26-28(20)24)9-10-21(22)31-14-16-7-8-17-5-3-4-6-18(17)11-16/h3-12,15,20H,2,13-14H2,1H3,(H,25,26,27,29)/t20-/m0/s1. The van der Waals surface area contributed by atoms with E-state index < -0.39 is 0 Å². The first-order chi connectivity index (χ1) is 15.2. The van der Waals surface area contributed by atoms with Crippen molar-refractivity contribution in [2.24, 2.45) is 0 Å². The Morgan fingerprint density at radius 1 is 1.03 bits per heavy atom. The van der Waals surface area contributed by atoms with Crippen LogP contribution in [0, 0.1) is 0 Å². The van der Waals surface area contributed by atoms with Crippen molar-refractivity contribution in [3.63, 3.8) is 0 Å². The second kappa shape index (κ2) is 8.10. The summed E-state index contributed by atoms with van der Waals surface area (Å²) in [6, 6.07) is 20.1. The van der Waals surface area contributed by atoms with Gasteiger partial charge in [0.05, 0.1) is 19.1 Å². The largest absolute Gasteiger partial charge is 0.490 e. The zero-order valence-corrected chi connectivity index (χ0v) is 17.1. The van der Waals surface area contributed by atoms with Crippen LogP contribution in [0.2, 0.25) is 0 Å². The second-order valence-corrected chi connectivity index (χ2v) is 7.41. The number of nitrogens with one attached hydrogen (secondary N) is 1. The van der Waals surface area contributed by atoms with Crippen LogP contribution in [0.15, 0.2) is 67.0 Å². The molecule has 0 saturated carbocycles. The minimum atomic E-state index is -0.236. The predicted molar refractivity (Wildman–Crippen MR) is 117 cm³/mol. The molecule has 0 bridgehead atoms. The molecule has 2 heterocycles. The van der Waals surface area contributed by atoms with Crippen LogP contribution in [0.4, 0.5) is 5.95 Å². The SMILES string of the molecule is CCOc1cc([C@@H]2CC(=O)Nc3ncnn32)ccc1OCc1ccc2ccccc2c1. The lowest BCUT2D eigenvalue weighted by atomic mass is 10.0. The van der Waals surface area contributed by atoms with Crippen LogP contribution in [0.3, 0.4) is 0 Å². The summed E-state index contributed by atoms with van der Waals surface area (Å²) in [6.07, 6.45) is 1.73. The van der Waals surface area contributed by atoms with Crippen LogP contribution >= 0.6 is 0 Å². The third-order valence-corrected chi connectivity index (χ3v) is 5.36. The third-order valence-electron chi connectivity index (χ3n) is 5.36. The van der Waals surface area contributed by atoms with Crippen LogP contribution in [0.25, 0.3) is 10.8 Å². The van der Waals surface area contributed by atoms with E-state index in [2.05, 4.69) is 45.7 Å². The number of carbonyl (C=O) groups excluding carboxylic acids is 1. The first-order valence-electron chi connectivity index (χ1n) is 10.3. The molecule has 0 fully saturated rings. The molecule has 1 aliphatic heterocycles. The van der Waals surface area contributed by atoms with Gasteiger partial charge in [0.25, 0.3) is 0 Å². The summed E-state index contributed by atoms with van der Waals surface area (Å²) in [5.41, 5.74) is 2.00. The minimum Gasteiger partial charge on any atom is -0.490 e. The van der Waals surface area contributed by atoms with Gasteiger partial charge in [-0.2, -0.15) is 10.1 Å². The van der Waals surface area contributed by atoms with E-state index in [9.17, 15) is 4.79 Å². The molecule has 7 nitrogen and oxygen atoms in total. The number of nitrogens with zero attached hydrogens (tertiary/aromatic N) is 3. The lowest BCUT2D eigenvalue weighted by molar-refractivity contribution is -0.117. The number of carbonyl (C=O) groups is 1. The summed E-state index contributed by atoms with van der Waals surface area (Å²) in [4.78, 5) is 16.2. The van der Waals surface area contributed by atoms with E-state index in [1.165, 1.54) is 17.1 Å². The fourth-order valence-corrected chi connectivity index (χ4v) is 3.87. The molecule has 7 heteroatoms. The number of hydrogen-bond donors (Lipinski definition) is 1. The molecule has 0 radical (unpaired) electrons. The molecule has 5 rings (SSSR count). The van der Waals surface area contributed by atoms with E-state index in [0.717, 1.165) is 11.1 Å². The summed E-state index contributed by atoms with van der Waals surface area (Å²) in [5, 5.41) is 9.39. The molecule has 0 spiro atoms. The van der Waals surface area contributed by atoms with Gasteiger partial charge < -0.3 is 9.47 Å². The fourth-order valence-electron chi connectivity index (χ4n) is 3.87. The molecule has 31 heavy (non-hydrogen) atoms. The Hall–Kier alpha value is -3.87. The number of hydrogen-bond acceptors (Lipinski definition) is 5. The van der Waals surface area contributed by atoms with Crippen molar-refractivity contribution in [1.29, 1.82) is 0 Å². The average Bonchev–Trinajstić information content (AvgIpc) is 3.26. The maximum atomic E-state index is 12.1. The molecule has 1 atom stereocenters. The summed E-state index contributed by atoms with van der Waals surface area (Å²) in [5.74, 6) is 1.68. The molecule has 1 amide bonds. The van der Waals surface area contributed by atoms with Gasteiger partial charge in [-0.3, -0.25) is 10.1 Å². The molecular weight excluding hydrogens is 392 g/mol. The number of rotatable bonds is 6. The van der Waals surface area contributed by atoms with E-state index in [1.54, 1.807) is 4.68 Å². The van der Waals surface area contributed by atoms with Gasteiger partial charge in [-0.25, -0.2) is 4.68 Å². The fraction of sp³-hybridized carbons (Fsp3) is 0.208. The molecule has 1 N–H and O–H groups in total. The number of ether oxygens (including phenoxy) is 2. The molecule has 4 aromatic rings. The normalized spacial score (nSPS) is 15.4. The summed E-state index contributed by atoms with van der Waals surface area (Å²) in [7, 11) is 0. The van der Waals surface area contributed by atoms with Crippen LogP contribution in [-0.2, 0) is 11.4 Å². The van der Waals surface area contributed by atoms with Gasteiger partial charge >= 0.3 is 0 Å². The van der Waals surface area contributed by atoms with Crippen LogP contribution in [0.5, 0.6) is 11.5 Å². The summed E-state index contributed by atoms with van der Waals surface area (Å²) >= 11 is 0. The first kappa shape index (κ1) is 19.1. The van der Waals surface area contributed by atoms with E-state index in [0.29, 0.717) is 37.1 Å². The Labute approximate surface area is 179 Å². The van der Waals surface area contributed by atoms with Gasteiger partial charge in [-0.05, 0) is 47.0 Å². The van der Waals surface area contributed by atoms with Crippen molar-refractivity contribution >= 4 is 22.6 Å². The second-order valence-electron chi connectivity index (χ2n) is 7.41. The van der Waals surface area contributed by atoms with Crippen molar-refractivity contribution in [2.75, 3.05) is 11.9 Å². The van der Waals surface area contributed by atoms with Crippen molar-refractivity contribution in [3.8, 4) is 11.5 Å². The third kappa shape index (κ3) is 3.82. The Kier molecular flexibility index (Phi) is 5.00. The molecule has 1 aromatic heterocycles. The van der Waals surface area contributed by atoms with Gasteiger partial charge in [-0.15, -0.1) is 0 Å². The predicted octanol–water partition coefficient (Wildman–Crippen LogP) is 4.34. The lowest BCUT2D eigenvalue weighted by Crippen LogP contribution is -2.29. The number of anilines is 1.